The van der Waals surface area contributed by atoms with Crippen LogP contribution in [0.25, 0.3) is 0 Å². The standard InChI is InChI=1S/C10H6F4N2O2S/c11-7-2-1-5(3-6(7)10(12,13)14)18-9-16-15-8(4-17)19-9/h1-3,17H,4H2. The van der Waals surface area contributed by atoms with Crippen LogP contribution in [0.5, 0.6) is 10.9 Å². The SMILES string of the molecule is OCc1nnc(Oc2ccc(F)c(C(F)(F)F)c2)s1. The Morgan fingerprint density at radius 3 is 2.58 bits per heavy atom. The van der Waals surface area contributed by atoms with Gasteiger partial charge in [0.2, 0.25) is 0 Å². The third kappa shape index (κ3) is 3.18. The fourth-order valence-electron chi connectivity index (χ4n) is 1.23. The average Bonchev–Trinajstić information content (AvgIpc) is 2.78. The van der Waals surface area contributed by atoms with Gasteiger partial charge in [0.25, 0.3) is 5.19 Å². The summed E-state index contributed by atoms with van der Waals surface area (Å²) in [6.07, 6.45) is -4.80. The van der Waals surface area contributed by atoms with Crippen molar-refractivity contribution in [2.75, 3.05) is 0 Å². The minimum Gasteiger partial charge on any atom is -0.430 e. The normalized spacial score (nSPS) is 11.6. The van der Waals surface area contributed by atoms with Gasteiger partial charge in [-0.05, 0) is 18.2 Å². The van der Waals surface area contributed by atoms with Gasteiger partial charge >= 0.3 is 6.18 Å². The van der Waals surface area contributed by atoms with Crippen LogP contribution in [0.4, 0.5) is 17.6 Å². The summed E-state index contributed by atoms with van der Waals surface area (Å²) in [6, 6.07) is 2.24. The summed E-state index contributed by atoms with van der Waals surface area (Å²) >= 11 is 0.876. The van der Waals surface area contributed by atoms with Crippen LogP contribution in [0.3, 0.4) is 0 Å². The summed E-state index contributed by atoms with van der Waals surface area (Å²) in [5.41, 5.74) is -1.42. The van der Waals surface area contributed by atoms with Crippen LogP contribution in [-0.4, -0.2) is 15.3 Å². The molecule has 0 saturated carbocycles. The average molecular weight is 294 g/mol. The molecule has 0 bridgehead atoms. The Labute approximate surface area is 108 Å². The molecular weight excluding hydrogens is 288 g/mol. The number of aliphatic hydroxyl groups is 1. The van der Waals surface area contributed by atoms with E-state index in [1.807, 2.05) is 0 Å². The van der Waals surface area contributed by atoms with Gasteiger partial charge in [-0.15, -0.1) is 5.10 Å². The molecular formula is C10H6F4N2O2S. The molecule has 0 unspecified atom stereocenters. The predicted molar refractivity (Wildman–Crippen MR) is 57.3 cm³/mol. The van der Waals surface area contributed by atoms with Gasteiger partial charge in [-0.1, -0.05) is 16.4 Å². The minimum atomic E-state index is -4.80. The van der Waals surface area contributed by atoms with Gasteiger partial charge < -0.3 is 9.84 Å². The van der Waals surface area contributed by atoms with E-state index in [0.717, 1.165) is 17.4 Å². The number of alkyl halides is 3. The van der Waals surface area contributed by atoms with E-state index >= 15 is 0 Å². The van der Waals surface area contributed by atoms with Crippen LogP contribution in [-0.2, 0) is 12.8 Å². The highest BCUT2D eigenvalue weighted by Crippen LogP contribution is 2.35. The second kappa shape index (κ2) is 5.10. The van der Waals surface area contributed by atoms with Crippen molar-refractivity contribution in [2.24, 2.45) is 0 Å². The molecule has 0 aliphatic rings. The zero-order valence-electron chi connectivity index (χ0n) is 9.11. The Balaban J connectivity index is 2.26. The van der Waals surface area contributed by atoms with Crippen LogP contribution in [0.15, 0.2) is 18.2 Å². The Kier molecular flexibility index (Phi) is 3.67. The molecule has 0 spiro atoms. The topological polar surface area (TPSA) is 55.2 Å². The number of halogens is 4. The van der Waals surface area contributed by atoms with Crippen molar-refractivity contribution < 1.29 is 27.4 Å². The van der Waals surface area contributed by atoms with Crippen molar-refractivity contribution in [1.29, 1.82) is 0 Å². The molecule has 0 saturated heterocycles. The van der Waals surface area contributed by atoms with Gasteiger partial charge in [0.1, 0.15) is 16.6 Å². The lowest BCUT2D eigenvalue weighted by atomic mass is 10.2. The van der Waals surface area contributed by atoms with Gasteiger partial charge in [-0.25, -0.2) is 4.39 Å². The van der Waals surface area contributed by atoms with E-state index in [2.05, 4.69) is 10.2 Å². The number of aliphatic hydroxyl groups excluding tert-OH is 1. The Bertz CT molecular complexity index is 585. The summed E-state index contributed by atoms with van der Waals surface area (Å²) in [5, 5.41) is 16.0. The van der Waals surface area contributed by atoms with E-state index in [-0.39, 0.29) is 22.6 Å². The molecule has 0 radical (unpaired) electrons. The number of nitrogens with zero attached hydrogens (tertiary/aromatic N) is 2. The minimum absolute atomic E-state index is 0.0382. The molecule has 1 aromatic heterocycles. The van der Waals surface area contributed by atoms with E-state index in [0.29, 0.717) is 12.1 Å². The molecule has 1 heterocycles. The van der Waals surface area contributed by atoms with Gasteiger partial charge in [0, 0.05) is 0 Å². The summed E-state index contributed by atoms with van der Waals surface area (Å²) in [5.74, 6) is -1.59. The number of hydrogen-bond acceptors (Lipinski definition) is 5. The molecule has 1 aromatic carbocycles. The lowest BCUT2D eigenvalue weighted by Crippen LogP contribution is -2.08. The molecule has 0 aliphatic carbocycles. The number of ether oxygens (including phenoxy) is 1. The second-order valence-electron chi connectivity index (χ2n) is 3.36. The molecule has 2 aromatic rings. The van der Waals surface area contributed by atoms with Crippen molar-refractivity contribution >= 4 is 11.3 Å². The third-order valence-electron chi connectivity index (χ3n) is 2.03. The molecule has 19 heavy (non-hydrogen) atoms. The van der Waals surface area contributed by atoms with Gasteiger partial charge in [-0.3, -0.25) is 0 Å². The zero-order chi connectivity index (χ0) is 14.0. The Morgan fingerprint density at radius 1 is 1.26 bits per heavy atom. The maximum absolute atomic E-state index is 13.0. The molecule has 0 atom stereocenters. The van der Waals surface area contributed by atoms with E-state index in [4.69, 9.17) is 9.84 Å². The zero-order valence-corrected chi connectivity index (χ0v) is 9.93. The van der Waals surface area contributed by atoms with Crippen molar-refractivity contribution in [3.05, 3.63) is 34.6 Å². The van der Waals surface area contributed by atoms with E-state index in [9.17, 15) is 17.6 Å². The number of hydrogen-bond donors (Lipinski definition) is 1. The van der Waals surface area contributed by atoms with Gasteiger partial charge in [0.05, 0.1) is 12.2 Å². The molecule has 4 nitrogen and oxygen atoms in total. The first kappa shape index (κ1) is 13.7. The summed E-state index contributed by atoms with van der Waals surface area (Å²) < 4.78 is 55.5. The van der Waals surface area contributed by atoms with Gasteiger partial charge in [-0.2, -0.15) is 13.2 Å². The maximum atomic E-state index is 13.0. The largest absolute Gasteiger partial charge is 0.430 e. The van der Waals surface area contributed by atoms with E-state index < -0.39 is 17.6 Å². The van der Waals surface area contributed by atoms with Crippen LogP contribution >= 0.6 is 11.3 Å². The number of rotatable bonds is 3. The predicted octanol–water partition coefficient (Wildman–Crippen LogP) is 2.98. The first-order valence-electron chi connectivity index (χ1n) is 4.88. The fraction of sp³-hybridized carbons (Fsp3) is 0.200. The highest BCUT2D eigenvalue weighted by Gasteiger charge is 2.34. The van der Waals surface area contributed by atoms with Crippen LogP contribution in [0, 0.1) is 5.82 Å². The fourth-order valence-corrected chi connectivity index (χ4v) is 1.80. The van der Waals surface area contributed by atoms with Crippen LogP contribution in [0.1, 0.15) is 10.6 Å². The smallest absolute Gasteiger partial charge is 0.419 e. The van der Waals surface area contributed by atoms with Gasteiger partial charge in [0.15, 0.2) is 0 Å². The van der Waals surface area contributed by atoms with Crippen molar-refractivity contribution in [1.82, 2.24) is 10.2 Å². The molecule has 1 N–H and O–H groups in total. The molecule has 9 heteroatoms. The van der Waals surface area contributed by atoms with Crippen LogP contribution in [0.2, 0.25) is 0 Å². The summed E-state index contributed by atoms with van der Waals surface area (Å²) in [7, 11) is 0. The van der Waals surface area contributed by atoms with Crippen LogP contribution < -0.4 is 4.74 Å². The highest BCUT2D eigenvalue weighted by atomic mass is 32.1. The van der Waals surface area contributed by atoms with E-state index in [1.165, 1.54) is 0 Å². The monoisotopic (exact) mass is 294 g/mol. The Hall–Kier alpha value is -1.74. The molecule has 0 fully saturated rings. The summed E-state index contributed by atoms with van der Waals surface area (Å²) in [4.78, 5) is 0. The maximum Gasteiger partial charge on any atom is 0.419 e. The lowest BCUT2D eigenvalue weighted by molar-refractivity contribution is -0.140. The highest BCUT2D eigenvalue weighted by molar-refractivity contribution is 7.13. The lowest BCUT2D eigenvalue weighted by Gasteiger charge is -2.09. The molecule has 0 aliphatic heterocycles. The Morgan fingerprint density at radius 2 is 2.00 bits per heavy atom. The third-order valence-corrected chi connectivity index (χ3v) is 2.82. The number of aromatic nitrogens is 2. The van der Waals surface area contributed by atoms with Crippen molar-refractivity contribution in [3.63, 3.8) is 0 Å². The van der Waals surface area contributed by atoms with Crippen molar-refractivity contribution in [2.45, 2.75) is 12.8 Å². The molecule has 102 valence electrons. The first-order chi connectivity index (χ1) is 8.90. The van der Waals surface area contributed by atoms with Crippen molar-refractivity contribution in [3.8, 4) is 10.9 Å². The first-order valence-corrected chi connectivity index (χ1v) is 5.69. The summed E-state index contributed by atoms with van der Waals surface area (Å²) in [6.45, 7) is -0.349. The van der Waals surface area contributed by atoms with E-state index in [1.54, 1.807) is 0 Å². The molecule has 2 rings (SSSR count). The quantitative estimate of drug-likeness (QED) is 0.884. The molecule has 0 amide bonds. The second-order valence-corrected chi connectivity index (χ2v) is 4.39. The number of benzene rings is 1.